The topological polar surface area (TPSA) is 230 Å². The second kappa shape index (κ2) is 21.9. The van der Waals surface area contributed by atoms with Crippen LogP contribution in [0.1, 0.15) is 96.7 Å². The van der Waals surface area contributed by atoms with Gasteiger partial charge in [0.1, 0.15) is 34.5 Å². The van der Waals surface area contributed by atoms with Crippen LogP contribution in [0.4, 0.5) is 16.0 Å². The van der Waals surface area contributed by atoms with Crippen LogP contribution in [0.3, 0.4) is 0 Å². The maximum Gasteiger partial charge on any atom is 0.258 e. The van der Waals surface area contributed by atoms with Gasteiger partial charge in [-0.25, -0.2) is 24.3 Å². The first-order valence-corrected chi connectivity index (χ1v) is 28.6. The molecule has 6 N–H and O–H groups in total. The Bertz CT molecular complexity index is 2800. The molecule has 4 aromatic rings. The monoisotopic (exact) mass is 1100 g/mol. The highest BCUT2D eigenvalue weighted by Gasteiger charge is 2.54. The first-order chi connectivity index (χ1) is 36.3. The van der Waals surface area contributed by atoms with Crippen LogP contribution in [0.25, 0.3) is 10.4 Å². The van der Waals surface area contributed by atoms with Gasteiger partial charge in [0.2, 0.25) is 17.7 Å². The van der Waals surface area contributed by atoms with Crippen molar-refractivity contribution in [2.75, 3.05) is 49.5 Å². The molecule has 76 heavy (non-hydrogen) atoms. The first-order valence-electron chi connectivity index (χ1n) is 26.6. The van der Waals surface area contributed by atoms with Gasteiger partial charge in [0.05, 0.1) is 64.5 Å². The number of nitrogens with zero attached hydrogens (tertiary/aromatic N) is 7. The molecule has 0 radical (unpaired) electrons. The summed E-state index contributed by atoms with van der Waals surface area (Å²) in [7, 11) is 0. The molecule has 7 heterocycles. The molecular weight excluding hydrogens is 1030 g/mol. The van der Waals surface area contributed by atoms with Gasteiger partial charge in [0.25, 0.3) is 5.91 Å². The highest BCUT2D eigenvalue weighted by Crippen LogP contribution is 2.44. The van der Waals surface area contributed by atoms with Crippen molar-refractivity contribution in [3.8, 4) is 16.2 Å². The van der Waals surface area contributed by atoms with E-state index in [1.807, 2.05) is 42.3 Å². The number of aliphatic hydroxyl groups is 1. The van der Waals surface area contributed by atoms with Crippen LogP contribution >= 0.6 is 34.7 Å². The third kappa shape index (κ3) is 11.5. The fourth-order valence-electron chi connectivity index (χ4n) is 11.3. The number of likely N-dealkylation sites (tertiary alicyclic amines) is 2. The molecule has 5 atom stereocenters. The third-order valence-corrected chi connectivity index (χ3v) is 18.8. The van der Waals surface area contributed by atoms with Gasteiger partial charge >= 0.3 is 0 Å². The van der Waals surface area contributed by atoms with Crippen molar-refractivity contribution in [2.24, 2.45) is 22.5 Å². The average Bonchev–Trinajstić information content (AvgIpc) is 3.65. The maximum atomic E-state index is 14.7. The van der Waals surface area contributed by atoms with Crippen molar-refractivity contribution in [3.05, 3.63) is 64.6 Å². The summed E-state index contributed by atoms with van der Waals surface area (Å²) in [5, 5.41) is 21.0. The van der Waals surface area contributed by atoms with E-state index in [9.17, 15) is 28.7 Å². The number of nitrogens with one attached hydrogen (secondary N) is 3. The molecule has 6 aliphatic rings. The molecule has 4 saturated heterocycles. The number of hydrogen-bond acceptors (Lipinski definition) is 16. The number of hydrogen-bond donors (Lipinski definition) is 5. The van der Waals surface area contributed by atoms with E-state index < -0.39 is 47.0 Å². The Morgan fingerprint density at radius 2 is 1.78 bits per heavy atom. The number of amides is 4. The second-order valence-corrected chi connectivity index (χ2v) is 25.1. The van der Waals surface area contributed by atoms with Crippen LogP contribution in [-0.2, 0) is 30.5 Å². The molecule has 2 aliphatic carbocycles. The zero-order valence-electron chi connectivity index (χ0n) is 43.7. The number of piperidine rings is 1. The van der Waals surface area contributed by atoms with Gasteiger partial charge < -0.3 is 51.0 Å². The SMILES string of the molecule is Cc1ncsc1-c1ccc(CNC(=O)[C@@H]2C[C@@H](O)CN2C(=O)[C@@H](NC(=O)C2(F)CC2)C(C)(C)C)c(OC2CCC(C(=O)N3CC(Nc4nccc(Sc5cnc(N6CCC7(CC6)CO[C@@H](C)[C@H]7N)cn5)c4Cl)C3)CC2)c1. The van der Waals surface area contributed by atoms with Gasteiger partial charge in [0.15, 0.2) is 5.67 Å². The number of halogens is 2. The lowest BCUT2D eigenvalue weighted by Gasteiger charge is -2.42. The molecule has 408 valence electrons. The van der Waals surface area contributed by atoms with Crippen LogP contribution in [-0.4, -0.2) is 146 Å². The van der Waals surface area contributed by atoms with Gasteiger partial charge in [-0.2, -0.15) is 0 Å². The first kappa shape index (κ1) is 54.2. The van der Waals surface area contributed by atoms with Gasteiger partial charge in [0, 0.05) is 79.7 Å². The summed E-state index contributed by atoms with van der Waals surface area (Å²) >= 11 is 9.86. The second-order valence-electron chi connectivity index (χ2n) is 22.8. The molecule has 1 aromatic carbocycles. The largest absolute Gasteiger partial charge is 0.490 e. The minimum absolute atomic E-state index is 0.00813. The summed E-state index contributed by atoms with van der Waals surface area (Å²) < 4.78 is 27.4. The number of carbonyl (C=O) groups is 4. The fraction of sp³-hybridized carbons (Fsp3) is 0.593. The number of aromatic nitrogens is 4. The summed E-state index contributed by atoms with van der Waals surface area (Å²) in [5.41, 5.74) is 8.10. The standard InChI is InChI=1S/C54H69ClFN11O7S2/c1-30-44(75-29-62-30)33-6-7-34(22-61-48(69)38-21-36(68)27-67(38)50(71)46(52(3,4)5)64-51(72)54(56)13-14-54)39(20-33)74-37-10-8-32(9-11-37)49(70)66-25-35(26-66)63-47-43(55)40(12-17-58-47)76-42-24-59-41(23-60-42)65-18-15-53(16-19-65)28-73-31(2)45(53)57/h6-7,12,17,20,23-24,29,31-32,35-38,45-46,68H,8-11,13-16,18-19,21-22,25-28,57H2,1-5H3,(H,58,63)(H,61,69)(H,64,72)/t31-,32?,36+,37?,38-,45+,46+/m0/s1. The Labute approximate surface area is 456 Å². The molecule has 0 unspecified atom stereocenters. The number of anilines is 2. The number of benzene rings is 1. The number of thiazole rings is 1. The van der Waals surface area contributed by atoms with E-state index in [0.717, 1.165) is 58.3 Å². The van der Waals surface area contributed by atoms with Crippen molar-refractivity contribution >= 4 is 70.0 Å². The van der Waals surface area contributed by atoms with Crippen LogP contribution < -0.4 is 31.3 Å². The van der Waals surface area contributed by atoms with Crippen LogP contribution in [0, 0.1) is 23.7 Å². The van der Waals surface area contributed by atoms with E-state index in [2.05, 4.69) is 37.7 Å². The van der Waals surface area contributed by atoms with Gasteiger partial charge in [-0.3, -0.25) is 19.2 Å². The summed E-state index contributed by atoms with van der Waals surface area (Å²) in [6, 6.07) is 5.62. The molecule has 22 heteroatoms. The van der Waals surface area contributed by atoms with Crippen LogP contribution in [0.15, 0.2) is 58.3 Å². The summed E-state index contributed by atoms with van der Waals surface area (Å²) in [5.74, 6) is 0.118. The molecule has 3 aromatic heterocycles. The third-order valence-electron chi connectivity index (χ3n) is 16.3. The summed E-state index contributed by atoms with van der Waals surface area (Å²) in [6.45, 7) is 12.8. The number of pyridine rings is 1. The fourth-order valence-corrected chi connectivity index (χ4v) is 13.1. The van der Waals surface area contributed by atoms with Crippen LogP contribution in [0.2, 0.25) is 5.02 Å². The minimum Gasteiger partial charge on any atom is -0.490 e. The number of β-amino-alcohol motifs (C(OH)–C–C–N with tert-alkyl or cyclic N) is 1. The Kier molecular flexibility index (Phi) is 15.6. The molecule has 6 fully saturated rings. The zero-order chi connectivity index (χ0) is 53.7. The smallest absolute Gasteiger partial charge is 0.258 e. The van der Waals surface area contributed by atoms with Crippen molar-refractivity contribution < 1.29 is 38.1 Å². The van der Waals surface area contributed by atoms with Crippen molar-refractivity contribution in [1.82, 2.24) is 40.4 Å². The van der Waals surface area contributed by atoms with E-state index in [-0.39, 0.29) is 73.9 Å². The number of carbonyl (C=O) groups excluding carboxylic acids is 4. The van der Waals surface area contributed by atoms with E-state index in [4.69, 9.17) is 36.8 Å². The predicted molar refractivity (Wildman–Crippen MR) is 288 cm³/mol. The van der Waals surface area contributed by atoms with Gasteiger partial charge in [-0.15, -0.1) is 11.3 Å². The highest BCUT2D eigenvalue weighted by atomic mass is 35.5. The number of aryl methyl sites for hydroxylation is 1. The Hall–Kier alpha value is -5.19. The number of ether oxygens (including phenoxy) is 2. The normalized spacial score (nSPS) is 25.5. The molecular formula is C54H69ClFN11O7S2. The number of alkyl halides is 1. The highest BCUT2D eigenvalue weighted by molar-refractivity contribution is 7.99. The molecule has 1 spiro atoms. The molecule has 2 saturated carbocycles. The number of rotatable bonds is 15. The quantitative estimate of drug-likeness (QED) is 0.0878. The van der Waals surface area contributed by atoms with E-state index in [0.29, 0.717) is 67.0 Å². The van der Waals surface area contributed by atoms with Crippen LogP contribution in [0.5, 0.6) is 5.75 Å². The molecule has 4 amide bonds. The molecule has 18 nitrogen and oxygen atoms in total. The lowest BCUT2D eigenvalue weighted by Crippen LogP contribution is -2.59. The lowest BCUT2D eigenvalue weighted by molar-refractivity contribution is -0.145. The van der Waals surface area contributed by atoms with Gasteiger partial charge in [-0.1, -0.05) is 56.3 Å². The minimum atomic E-state index is -1.98. The van der Waals surface area contributed by atoms with Crippen molar-refractivity contribution in [1.29, 1.82) is 0 Å². The number of nitrogens with two attached hydrogens (primary N) is 1. The van der Waals surface area contributed by atoms with Gasteiger partial charge in [-0.05, 0) is 88.3 Å². The number of aliphatic hydroxyl groups excluding tert-OH is 1. The van der Waals surface area contributed by atoms with Crippen molar-refractivity contribution in [3.63, 3.8) is 0 Å². The maximum absolute atomic E-state index is 14.7. The molecule has 4 aliphatic heterocycles. The van der Waals surface area contributed by atoms with E-state index >= 15 is 0 Å². The Balaban J connectivity index is 0.710. The molecule has 10 rings (SSSR count). The van der Waals surface area contributed by atoms with Crippen molar-refractivity contribution in [2.45, 2.75) is 157 Å². The average molecular weight is 1100 g/mol. The summed E-state index contributed by atoms with van der Waals surface area (Å²) in [6.07, 6.45) is 9.03. The Morgan fingerprint density at radius 1 is 1.03 bits per heavy atom. The summed E-state index contributed by atoms with van der Waals surface area (Å²) in [4.78, 5) is 80.2. The zero-order valence-corrected chi connectivity index (χ0v) is 46.1. The lowest BCUT2D eigenvalue weighted by atomic mass is 9.73. The molecule has 0 bridgehead atoms. The van der Waals surface area contributed by atoms with E-state index in [1.165, 1.54) is 28.0 Å². The van der Waals surface area contributed by atoms with E-state index in [1.54, 1.807) is 38.7 Å². The Morgan fingerprint density at radius 3 is 2.42 bits per heavy atom. The predicted octanol–water partition coefficient (Wildman–Crippen LogP) is 6.31.